The van der Waals surface area contributed by atoms with Gasteiger partial charge in [0.2, 0.25) is 0 Å². The molecule has 0 saturated carbocycles. The molecule has 0 aliphatic carbocycles. The molecule has 4 N–H and O–H groups in total. The highest BCUT2D eigenvalue weighted by molar-refractivity contribution is 5.99. The van der Waals surface area contributed by atoms with Gasteiger partial charge in [0, 0.05) is 35.4 Å². The third kappa shape index (κ3) is 5.54. The quantitative estimate of drug-likeness (QED) is 0.340. The van der Waals surface area contributed by atoms with E-state index >= 15 is 4.39 Å². The Labute approximate surface area is 221 Å². The van der Waals surface area contributed by atoms with Crippen molar-refractivity contribution in [3.63, 3.8) is 0 Å². The van der Waals surface area contributed by atoms with E-state index in [1.54, 1.807) is 6.92 Å². The first-order valence-corrected chi connectivity index (χ1v) is 11.7. The van der Waals surface area contributed by atoms with Crippen molar-refractivity contribution >= 4 is 23.4 Å². The lowest BCUT2D eigenvalue weighted by molar-refractivity contribution is 0.0995. The first-order valence-electron chi connectivity index (χ1n) is 11.7. The van der Waals surface area contributed by atoms with Crippen LogP contribution in [0, 0.1) is 24.4 Å². The number of ether oxygens (including phenoxy) is 1. The molecule has 0 saturated heterocycles. The highest BCUT2D eigenvalue weighted by Crippen LogP contribution is 2.39. The first kappa shape index (κ1) is 27.2. The smallest absolute Gasteiger partial charge is 0.325 e. The summed E-state index contributed by atoms with van der Waals surface area (Å²) in [5.41, 5.74) is 11.0. The van der Waals surface area contributed by atoms with Crippen molar-refractivity contribution in [1.82, 2.24) is 14.8 Å². The van der Waals surface area contributed by atoms with Crippen molar-refractivity contribution in [2.45, 2.75) is 33.1 Å². The number of carbonyl (C=O) groups is 2. The van der Waals surface area contributed by atoms with Crippen LogP contribution in [-0.4, -0.2) is 26.7 Å². The Bertz CT molecular complexity index is 1580. The van der Waals surface area contributed by atoms with E-state index < -0.39 is 34.8 Å². The predicted octanol–water partition coefficient (Wildman–Crippen LogP) is 5.40. The Balaban J connectivity index is 1.84. The highest BCUT2D eigenvalue weighted by Gasteiger charge is 2.32. The van der Waals surface area contributed by atoms with Crippen LogP contribution in [-0.2, 0) is 5.41 Å². The summed E-state index contributed by atoms with van der Waals surface area (Å²) in [6.45, 7) is 7.26. The van der Waals surface area contributed by atoms with Gasteiger partial charge in [0.15, 0.2) is 5.82 Å². The van der Waals surface area contributed by atoms with Crippen molar-refractivity contribution < 1.29 is 27.5 Å². The summed E-state index contributed by atoms with van der Waals surface area (Å²) in [5.74, 6) is -3.18. The van der Waals surface area contributed by atoms with Crippen LogP contribution in [0.1, 0.15) is 42.5 Å². The van der Waals surface area contributed by atoms with Gasteiger partial charge in [-0.15, -0.1) is 0 Å². The molecule has 39 heavy (non-hydrogen) atoms. The second kappa shape index (κ2) is 10.1. The van der Waals surface area contributed by atoms with E-state index in [-0.39, 0.29) is 34.4 Å². The summed E-state index contributed by atoms with van der Waals surface area (Å²) in [6, 6.07) is 8.08. The van der Waals surface area contributed by atoms with Crippen molar-refractivity contribution in [2.24, 2.45) is 11.5 Å². The number of benzene rings is 2. The average molecular weight is 539 g/mol. The maximum absolute atomic E-state index is 15.5. The zero-order valence-electron chi connectivity index (χ0n) is 21.5. The topological polar surface area (TPSA) is 129 Å². The number of carbonyl (C=O) groups excluding carboxylic acids is 2. The van der Waals surface area contributed by atoms with Crippen LogP contribution < -0.4 is 21.1 Å². The van der Waals surface area contributed by atoms with E-state index in [1.165, 1.54) is 30.5 Å². The largest absolute Gasteiger partial charge is 0.457 e. The molecule has 2 aromatic heterocycles. The Morgan fingerprint density at radius 2 is 1.59 bits per heavy atom. The Morgan fingerprint density at radius 3 is 2.15 bits per heavy atom. The van der Waals surface area contributed by atoms with Crippen molar-refractivity contribution in [2.75, 3.05) is 4.90 Å². The molecular weight excluding hydrogens is 513 g/mol. The summed E-state index contributed by atoms with van der Waals surface area (Å²) in [5, 5.41) is 4.53. The number of hydrogen-bond acceptors (Lipinski definition) is 5. The lowest BCUT2D eigenvalue weighted by Gasteiger charge is -2.24. The number of urea groups is 1. The Hall–Kier alpha value is -4.87. The number of amides is 3. The number of nitrogens with zero attached hydrogens (tertiary/aromatic N) is 4. The molecule has 0 aliphatic heterocycles. The second-order valence-electron chi connectivity index (χ2n) is 9.72. The van der Waals surface area contributed by atoms with Gasteiger partial charge in [-0.05, 0) is 37.3 Å². The number of hydrogen-bond donors (Lipinski definition) is 2. The van der Waals surface area contributed by atoms with Crippen LogP contribution >= 0.6 is 0 Å². The van der Waals surface area contributed by atoms with E-state index in [2.05, 4.69) is 10.1 Å². The Kier molecular flexibility index (Phi) is 7.05. The molecule has 9 nitrogen and oxygen atoms in total. The summed E-state index contributed by atoms with van der Waals surface area (Å²) in [7, 11) is 0. The van der Waals surface area contributed by atoms with E-state index in [9.17, 15) is 18.4 Å². The van der Waals surface area contributed by atoms with E-state index in [1.807, 2.05) is 20.8 Å². The van der Waals surface area contributed by atoms with Gasteiger partial charge in [-0.1, -0.05) is 20.8 Å². The molecule has 202 valence electrons. The molecule has 0 atom stereocenters. The fraction of sp³-hybridized carbons (Fsp3) is 0.185. The highest BCUT2D eigenvalue weighted by atomic mass is 19.1. The molecular formula is C27H25F3N6O3. The predicted molar refractivity (Wildman–Crippen MR) is 138 cm³/mol. The van der Waals surface area contributed by atoms with Gasteiger partial charge in [-0.25, -0.2) is 27.5 Å². The van der Waals surface area contributed by atoms with Crippen molar-refractivity contribution in [3.05, 3.63) is 89.1 Å². The number of pyridine rings is 1. The minimum atomic E-state index is -1.07. The molecule has 3 amide bonds. The van der Waals surface area contributed by atoms with Crippen molar-refractivity contribution in [3.8, 4) is 17.2 Å². The number of nitrogens with two attached hydrogens (primary N) is 2. The molecule has 2 aromatic carbocycles. The molecule has 0 bridgehead atoms. The summed E-state index contributed by atoms with van der Waals surface area (Å²) < 4.78 is 50.6. The van der Waals surface area contributed by atoms with Gasteiger partial charge in [-0.3, -0.25) is 9.78 Å². The van der Waals surface area contributed by atoms with Crippen LogP contribution in [0.15, 0.2) is 54.7 Å². The Morgan fingerprint density at radius 1 is 0.949 bits per heavy atom. The molecule has 0 aliphatic rings. The number of anilines is 2. The average Bonchev–Trinajstić information content (AvgIpc) is 3.17. The fourth-order valence-corrected chi connectivity index (χ4v) is 4.12. The fourth-order valence-electron chi connectivity index (χ4n) is 4.12. The maximum atomic E-state index is 15.5. The van der Waals surface area contributed by atoms with Gasteiger partial charge < -0.3 is 16.2 Å². The molecule has 4 rings (SSSR count). The third-order valence-corrected chi connectivity index (χ3v) is 5.71. The summed E-state index contributed by atoms with van der Waals surface area (Å²) in [4.78, 5) is 28.8. The molecule has 0 fully saturated rings. The van der Waals surface area contributed by atoms with Gasteiger partial charge in [0.1, 0.15) is 34.6 Å². The second-order valence-corrected chi connectivity index (χ2v) is 9.72. The van der Waals surface area contributed by atoms with Crippen LogP contribution in [0.25, 0.3) is 5.69 Å². The zero-order chi connectivity index (χ0) is 28.6. The summed E-state index contributed by atoms with van der Waals surface area (Å²) in [6.07, 6.45) is 1.31. The third-order valence-electron chi connectivity index (χ3n) is 5.71. The first-order chi connectivity index (χ1) is 18.3. The number of halogens is 3. The van der Waals surface area contributed by atoms with Gasteiger partial charge in [0.05, 0.1) is 17.1 Å². The van der Waals surface area contributed by atoms with E-state index in [0.717, 1.165) is 27.8 Å². The van der Waals surface area contributed by atoms with E-state index in [0.29, 0.717) is 17.3 Å². The molecule has 0 spiro atoms. The normalized spacial score (nSPS) is 11.4. The number of rotatable bonds is 6. The van der Waals surface area contributed by atoms with Crippen LogP contribution in [0.5, 0.6) is 11.5 Å². The molecule has 4 aromatic rings. The lowest BCUT2D eigenvalue weighted by Crippen LogP contribution is -2.34. The lowest BCUT2D eigenvalue weighted by atomic mass is 9.89. The monoisotopic (exact) mass is 538 g/mol. The van der Waals surface area contributed by atoms with Crippen molar-refractivity contribution in [1.29, 1.82) is 0 Å². The number of aromatic nitrogens is 3. The zero-order valence-corrected chi connectivity index (χ0v) is 21.5. The van der Waals surface area contributed by atoms with Gasteiger partial charge >= 0.3 is 6.03 Å². The van der Waals surface area contributed by atoms with Crippen LogP contribution in [0.2, 0.25) is 0 Å². The minimum Gasteiger partial charge on any atom is -0.457 e. The van der Waals surface area contributed by atoms with Crippen LogP contribution in [0.4, 0.5) is 29.5 Å². The maximum Gasteiger partial charge on any atom is 0.325 e. The molecule has 0 unspecified atom stereocenters. The number of primary amides is 2. The van der Waals surface area contributed by atoms with Gasteiger partial charge in [-0.2, -0.15) is 5.10 Å². The standard InChI is InChI=1S/C27H25F3N6O3/c1-14-23(27(2,3)4)34-36(17-10-15(28)9-16(29)11-17)25(14)35(26(32)38)22-6-5-18(12-20(22)30)39-19-7-8-33-21(13-19)24(31)37/h5-13H,1-4H3,(H2,31,37)(H2,32,38). The van der Waals surface area contributed by atoms with Gasteiger partial charge in [0.25, 0.3) is 5.91 Å². The minimum absolute atomic E-state index is 0.00484. The van der Waals surface area contributed by atoms with E-state index in [4.69, 9.17) is 16.2 Å². The molecule has 0 radical (unpaired) electrons. The molecule has 2 heterocycles. The summed E-state index contributed by atoms with van der Waals surface area (Å²) >= 11 is 0. The molecule has 12 heteroatoms. The van der Waals surface area contributed by atoms with Crippen LogP contribution in [0.3, 0.4) is 0 Å². The SMILES string of the molecule is Cc1c(C(C)(C)C)nn(-c2cc(F)cc(F)c2)c1N(C(N)=O)c1ccc(Oc2ccnc(C(N)=O)c2)cc1F.